The van der Waals surface area contributed by atoms with Gasteiger partial charge in [0.15, 0.2) is 0 Å². The Hall–Kier alpha value is -1.74. The number of nitrogens with one attached hydrogen (secondary N) is 1. The lowest BCUT2D eigenvalue weighted by Crippen LogP contribution is -2.13. The van der Waals surface area contributed by atoms with Gasteiger partial charge in [-0.05, 0) is 54.8 Å². The van der Waals surface area contributed by atoms with Gasteiger partial charge in [0.1, 0.15) is 11.6 Å². The second-order valence-electron chi connectivity index (χ2n) is 4.95. The average Bonchev–Trinajstić information content (AvgIpc) is 2.43. The molecule has 0 saturated heterocycles. The Morgan fingerprint density at radius 3 is 2.45 bits per heavy atom. The fourth-order valence-corrected chi connectivity index (χ4v) is 2.12. The topological polar surface area (TPSA) is 12.0 Å². The van der Waals surface area contributed by atoms with Gasteiger partial charge in [-0.1, -0.05) is 25.1 Å². The molecule has 0 aromatic heterocycles. The molecule has 0 atom stereocenters. The summed E-state index contributed by atoms with van der Waals surface area (Å²) >= 11 is 0. The zero-order valence-electron chi connectivity index (χ0n) is 11.8. The lowest BCUT2D eigenvalue weighted by Gasteiger charge is -2.08. The van der Waals surface area contributed by atoms with Gasteiger partial charge in [0.2, 0.25) is 0 Å². The summed E-state index contributed by atoms with van der Waals surface area (Å²) in [6.45, 7) is 5.35. The molecule has 2 aromatic carbocycles. The Morgan fingerprint density at radius 2 is 1.80 bits per heavy atom. The molecule has 0 aliphatic rings. The van der Waals surface area contributed by atoms with Crippen LogP contribution in [0.2, 0.25) is 0 Å². The minimum absolute atomic E-state index is 0.269. The van der Waals surface area contributed by atoms with Crippen LogP contribution >= 0.6 is 0 Å². The molecular formula is C17H19F2N. The summed E-state index contributed by atoms with van der Waals surface area (Å²) in [6, 6.07) is 9.85. The standard InChI is InChI=1S/C17H19F2N/c1-3-8-20-11-13-4-6-15(17(19)10-13)14-5-7-16(18)12(2)9-14/h4-7,9-10,20H,3,8,11H2,1-2H3. The highest BCUT2D eigenvalue weighted by molar-refractivity contribution is 5.65. The summed E-state index contributed by atoms with van der Waals surface area (Å²) in [7, 11) is 0. The maximum atomic E-state index is 14.2. The van der Waals surface area contributed by atoms with Crippen molar-refractivity contribution < 1.29 is 8.78 Å². The lowest BCUT2D eigenvalue weighted by atomic mass is 10.0. The summed E-state index contributed by atoms with van der Waals surface area (Å²) in [4.78, 5) is 0. The molecule has 2 rings (SSSR count). The first kappa shape index (κ1) is 14.7. The molecule has 0 fully saturated rings. The van der Waals surface area contributed by atoms with E-state index in [0.717, 1.165) is 18.5 Å². The van der Waals surface area contributed by atoms with Gasteiger partial charge in [-0.3, -0.25) is 0 Å². The van der Waals surface area contributed by atoms with E-state index in [2.05, 4.69) is 12.2 Å². The first-order chi connectivity index (χ1) is 9.61. The molecule has 20 heavy (non-hydrogen) atoms. The van der Waals surface area contributed by atoms with Crippen LogP contribution in [0.4, 0.5) is 8.78 Å². The number of rotatable bonds is 5. The van der Waals surface area contributed by atoms with E-state index in [1.165, 1.54) is 12.1 Å². The minimum atomic E-state index is -0.271. The molecule has 0 heterocycles. The molecule has 0 radical (unpaired) electrons. The molecule has 0 amide bonds. The molecule has 0 saturated carbocycles. The van der Waals surface area contributed by atoms with Gasteiger partial charge in [0, 0.05) is 12.1 Å². The Morgan fingerprint density at radius 1 is 1.00 bits per heavy atom. The van der Waals surface area contributed by atoms with Gasteiger partial charge in [-0.2, -0.15) is 0 Å². The van der Waals surface area contributed by atoms with Crippen molar-refractivity contribution in [2.24, 2.45) is 0 Å². The van der Waals surface area contributed by atoms with Gasteiger partial charge in [0.05, 0.1) is 0 Å². The van der Waals surface area contributed by atoms with E-state index in [1.54, 1.807) is 25.1 Å². The third kappa shape index (κ3) is 3.42. The average molecular weight is 275 g/mol. The highest BCUT2D eigenvalue weighted by Crippen LogP contribution is 2.25. The smallest absolute Gasteiger partial charge is 0.131 e. The van der Waals surface area contributed by atoms with Crippen molar-refractivity contribution >= 4 is 0 Å². The van der Waals surface area contributed by atoms with Gasteiger partial charge < -0.3 is 5.32 Å². The van der Waals surface area contributed by atoms with E-state index < -0.39 is 0 Å². The van der Waals surface area contributed by atoms with Crippen LogP contribution in [0, 0.1) is 18.6 Å². The fourth-order valence-electron chi connectivity index (χ4n) is 2.12. The highest BCUT2D eigenvalue weighted by atomic mass is 19.1. The van der Waals surface area contributed by atoms with E-state index in [4.69, 9.17) is 0 Å². The van der Waals surface area contributed by atoms with Crippen LogP contribution in [0.15, 0.2) is 36.4 Å². The molecule has 0 aliphatic carbocycles. The summed E-state index contributed by atoms with van der Waals surface area (Å²) < 4.78 is 27.4. The zero-order valence-corrected chi connectivity index (χ0v) is 11.8. The van der Waals surface area contributed by atoms with Gasteiger partial charge >= 0.3 is 0 Å². The molecule has 1 N–H and O–H groups in total. The van der Waals surface area contributed by atoms with E-state index in [-0.39, 0.29) is 11.6 Å². The van der Waals surface area contributed by atoms with Crippen molar-refractivity contribution in [1.82, 2.24) is 5.32 Å². The monoisotopic (exact) mass is 275 g/mol. The van der Waals surface area contributed by atoms with Crippen molar-refractivity contribution in [1.29, 1.82) is 0 Å². The van der Waals surface area contributed by atoms with Crippen molar-refractivity contribution in [3.63, 3.8) is 0 Å². The van der Waals surface area contributed by atoms with Crippen molar-refractivity contribution in [2.45, 2.75) is 26.8 Å². The molecule has 106 valence electrons. The summed E-state index contributed by atoms with van der Waals surface area (Å²) in [5.41, 5.74) is 2.65. The SMILES string of the molecule is CCCNCc1ccc(-c2ccc(F)c(C)c2)c(F)c1. The number of hydrogen-bond acceptors (Lipinski definition) is 1. The predicted octanol–water partition coefficient (Wildman–Crippen LogP) is 4.44. The number of aryl methyl sites for hydroxylation is 1. The third-order valence-electron chi connectivity index (χ3n) is 3.26. The Balaban J connectivity index is 2.22. The van der Waals surface area contributed by atoms with Crippen LogP contribution in [-0.2, 0) is 6.54 Å². The van der Waals surface area contributed by atoms with Crippen LogP contribution in [0.1, 0.15) is 24.5 Å². The van der Waals surface area contributed by atoms with Crippen LogP contribution in [-0.4, -0.2) is 6.54 Å². The predicted molar refractivity (Wildman–Crippen MR) is 78.5 cm³/mol. The van der Waals surface area contributed by atoms with Crippen molar-refractivity contribution in [3.05, 3.63) is 59.2 Å². The largest absolute Gasteiger partial charge is 0.313 e. The normalized spacial score (nSPS) is 10.8. The van der Waals surface area contributed by atoms with E-state index in [1.807, 2.05) is 6.07 Å². The number of halogens is 2. The molecule has 0 unspecified atom stereocenters. The van der Waals surface area contributed by atoms with Crippen LogP contribution < -0.4 is 5.32 Å². The summed E-state index contributed by atoms with van der Waals surface area (Å²) in [5.74, 6) is -0.540. The van der Waals surface area contributed by atoms with Crippen molar-refractivity contribution in [2.75, 3.05) is 6.54 Å². The first-order valence-corrected chi connectivity index (χ1v) is 6.87. The number of hydrogen-bond donors (Lipinski definition) is 1. The van der Waals surface area contributed by atoms with Crippen molar-refractivity contribution in [3.8, 4) is 11.1 Å². The quantitative estimate of drug-likeness (QED) is 0.795. The van der Waals surface area contributed by atoms with E-state index in [0.29, 0.717) is 23.2 Å². The molecule has 0 aliphatic heterocycles. The second-order valence-corrected chi connectivity index (χ2v) is 4.95. The first-order valence-electron chi connectivity index (χ1n) is 6.87. The van der Waals surface area contributed by atoms with E-state index in [9.17, 15) is 8.78 Å². The van der Waals surface area contributed by atoms with Crippen LogP contribution in [0.3, 0.4) is 0 Å². The second kappa shape index (κ2) is 6.62. The summed E-state index contributed by atoms with van der Waals surface area (Å²) in [6.07, 6.45) is 1.05. The van der Waals surface area contributed by atoms with Gasteiger partial charge in [-0.25, -0.2) is 8.78 Å². The maximum absolute atomic E-state index is 14.2. The molecule has 3 heteroatoms. The highest BCUT2D eigenvalue weighted by Gasteiger charge is 2.08. The van der Waals surface area contributed by atoms with Gasteiger partial charge in [0.25, 0.3) is 0 Å². The molecule has 2 aromatic rings. The Labute approximate surface area is 118 Å². The Kier molecular flexibility index (Phi) is 4.85. The number of benzene rings is 2. The van der Waals surface area contributed by atoms with Gasteiger partial charge in [-0.15, -0.1) is 0 Å². The summed E-state index contributed by atoms with van der Waals surface area (Å²) in [5, 5.41) is 3.24. The molecule has 1 nitrogen and oxygen atoms in total. The molecule has 0 bridgehead atoms. The van der Waals surface area contributed by atoms with Crippen LogP contribution in [0.25, 0.3) is 11.1 Å². The third-order valence-corrected chi connectivity index (χ3v) is 3.26. The van der Waals surface area contributed by atoms with E-state index >= 15 is 0 Å². The lowest BCUT2D eigenvalue weighted by molar-refractivity contribution is 0.616. The van der Waals surface area contributed by atoms with Crippen LogP contribution in [0.5, 0.6) is 0 Å². The molecular weight excluding hydrogens is 256 g/mol. The maximum Gasteiger partial charge on any atom is 0.131 e. The minimum Gasteiger partial charge on any atom is -0.313 e. The molecule has 0 spiro atoms. The zero-order chi connectivity index (χ0) is 14.5. The fraction of sp³-hybridized carbons (Fsp3) is 0.294. The Bertz CT molecular complexity index is 594.